The average Bonchev–Trinajstić information content (AvgIpc) is 2.15. The monoisotopic (exact) mass is 207 g/mol. The molecule has 0 spiro atoms. The molecular formula is C11H19Si2. The normalized spacial score (nSPS) is 11.2. The predicted molar refractivity (Wildman–Crippen MR) is 66.0 cm³/mol. The third-order valence-corrected chi connectivity index (χ3v) is 9.50. The molecule has 71 valence electrons. The molecule has 0 amide bonds. The Bertz CT molecular complexity index is 231. The van der Waals surface area contributed by atoms with Gasteiger partial charge in [-0.15, -0.1) is 0 Å². The molecule has 0 aliphatic heterocycles. The van der Waals surface area contributed by atoms with Gasteiger partial charge in [0.1, 0.15) is 0 Å². The summed E-state index contributed by atoms with van der Waals surface area (Å²) in [6.45, 7) is 7.27. The fourth-order valence-electron chi connectivity index (χ4n) is 1.63. The van der Waals surface area contributed by atoms with E-state index in [4.69, 9.17) is 0 Å². The zero-order chi connectivity index (χ0) is 9.68. The number of rotatable bonds is 4. The highest BCUT2D eigenvalue weighted by Gasteiger charge is 2.12. The van der Waals surface area contributed by atoms with Crippen molar-refractivity contribution in [2.24, 2.45) is 0 Å². The standard InChI is InChI=1S/C11H19Si2/c1-4-13(10-12(2)3)11-8-6-5-7-9-11/h5-9,12H,4,10H2,1-3H3. The van der Waals surface area contributed by atoms with Crippen LogP contribution in [0, 0.1) is 0 Å². The van der Waals surface area contributed by atoms with Crippen molar-refractivity contribution < 1.29 is 0 Å². The van der Waals surface area contributed by atoms with Crippen LogP contribution < -0.4 is 5.19 Å². The van der Waals surface area contributed by atoms with E-state index in [2.05, 4.69) is 50.3 Å². The lowest BCUT2D eigenvalue weighted by atomic mass is 10.4. The van der Waals surface area contributed by atoms with Gasteiger partial charge in [0, 0.05) is 8.80 Å². The van der Waals surface area contributed by atoms with Gasteiger partial charge in [-0.3, -0.25) is 0 Å². The van der Waals surface area contributed by atoms with E-state index >= 15 is 0 Å². The van der Waals surface area contributed by atoms with Crippen molar-refractivity contribution in [3.05, 3.63) is 30.3 Å². The van der Waals surface area contributed by atoms with Gasteiger partial charge in [0.25, 0.3) is 0 Å². The molecule has 1 rings (SSSR count). The second-order valence-electron chi connectivity index (χ2n) is 3.92. The van der Waals surface area contributed by atoms with E-state index in [0.29, 0.717) is 0 Å². The lowest BCUT2D eigenvalue weighted by Crippen LogP contribution is -2.32. The van der Waals surface area contributed by atoms with E-state index in [-0.39, 0.29) is 17.6 Å². The molecule has 0 nitrogen and oxygen atoms in total. The van der Waals surface area contributed by atoms with Gasteiger partial charge in [0.15, 0.2) is 0 Å². The maximum absolute atomic E-state index is 2.46. The van der Waals surface area contributed by atoms with Gasteiger partial charge in [-0.2, -0.15) is 0 Å². The lowest BCUT2D eigenvalue weighted by Gasteiger charge is -2.14. The van der Waals surface area contributed by atoms with Crippen LogP contribution in [0.5, 0.6) is 0 Å². The first-order chi connectivity index (χ1) is 6.24. The highest BCUT2D eigenvalue weighted by molar-refractivity contribution is 6.84. The number of hydrogen-bond acceptors (Lipinski definition) is 0. The SMILES string of the molecule is CC[Si](C[SiH](C)C)c1ccccc1. The first-order valence-corrected chi connectivity index (χ1v) is 10.2. The Balaban J connectivity index is 2.67. The molecule has 1 aromatic carbocycles. The van der Waals surface area contributed by atoms with Gasteiger partial charge in [-0.25, -0.2) is 0 Å². The first kappa shape index (κ1) is 10.7. The fraction of sp³-hybridized carbons (Fsp3) is 0.455. The van der Waals surface area contributed by atoms with Crippen LogP contribution in [-0.2, 0) is 0 Å². The summed E-state index contributed by atoms with van der Waals surface area (Å²) in [5, 5.41) is 1.64. The van der Waals surface area contributed by atoms with Gasteiger partial charge in [0.2, 0.25) is 0 Å². The quantitative estimate of drug-likeness (QED) is 0.665. The summed E-state index contributed by atoms with van der Waals surface area (Å²) in [7, 11) is -0.570. The highest BCUT2D eigenvalue weighted by Crippen LogP contribution is 2.03. The van der Waals surface area contributed by atoms with E-state index in [1.807, 2.05) is 0 Å². The second kappa shape index (κ2) is 5.40. The van der Waals surface area contributed by atoms with E-state index in [9.17, 15) is 0 Å². The van der Waals surface area contributed by atoms with Crippen LogP contribution in [0.2, 0.25) is 24.8 Å². The molecule has 0 bridgehead atoms. The lowest BCUT2D eigenvalue weighted by molar-refractivity contribution is 1.41. The van der Waals surface area contributed by atoms with E-state index in [1.54, 1.807) is 10.9 Å². The summed E-state index contributed by atoms with van der Waals surface area (Å²) in [4.78, 5) is 0. The van der Waals surface area contributed by atoms with Crippen molar-refractivity contribution in [2.75, 3.05) is 0 Å². The molecule has 0 saturated carbocycles. The molecule has 0 fully saturated rings. The first-order valence-electron chi connectivity index (χ1n) is 5.14. The molecule has 2 heteroatoms. The molecule has 0 atom stereocenters. The molecule has 13 heavy (non-hydrogen) atoms. The van der Waals surface area contributed by atoms with Crippen molar-refractivity contribution in [2.45, 2.75) is 31.7 Å². The van der Waals surface area contributed by atoms with E-state index in [1.165, 1.54) is 6.04 Å². The number of benzene rings is 1. The largest absolute Gasteiger partial charge is 0.0823 e. The highest BCUT2D eigenvalue weighted by atomic mass is 28.3. The Morgan fingerprint density at radius 1 is 1.15 bits per heavy atom. The van der Waals surface area contributed by atoms with Crippen molar-refractivity contribution in [1.82, 2.24) is 0 Å². The topological polar surface area (TPSA) is 0 Å². The van der Waals surface area contributed by atoms with Gasteiger partial charge in [-0.1, -0.05) is 67.2 Å². The van der Waals surface area contributed by atoms with Crippen molar-refractivity contribution in [3.63, 3.8) is 0 Å². The summed E-state index contributed by atoms with van der Waals surface area (Å²) in [5.74, 6) is 0. The zero-order valence-electron chi connectivity index (χ0n) is 8.88. The Hall–Kier alpha value is -0.346. The molecule has 0 unspecified atom stereocenters. The maximum Gasteiger partial charge on any atom is 0.0823 e. The minimum absolute atomic E-state index is 0.199. The van der Waals surface area contributed by atoms with Crippen LogP contribution in [0.3, 0.4) is 0 Å². The molecular weight excluding hydrogens is 188 g/mol. The Morgan fingerprint density at radius 2 is 1.77 bits per heavy atom. The summed E-state index contributed by atoms with van der Waals surface area (Å²) in [6, 6.07) is 12.5. The molecule has 0 aliphatic carbocycles. The van der Waals surface area contributed by atoms with Crippen LogP contribution in [0.1, 0.15) is 6.92 Å². The minimum Gasteiger partial charge on any atom is -0.0724 e. The third kappa shape index (κ3) is 3.48. The van der Waals surface area contributed by atoms with E-state index in [0.717, 1.165) is 0 Å². The molecule has 0 aromatic heterocycles. The Morgan fingerprint density at radius 3 is 2.23 bits per heavy atom. The molecule has 1 aromatic rings. The van der Waals surface area contributed by atoms with Crippen LogP contribution in [0.25, 0.3) is 0 Å². The smallest absolute Gasteiger partial charge is 0.0724 e. The summed E-state index contributed by atoms with van der Waals surface area (Å²) in [6.07, 6.45) is 0. The second-order valence-corrected chi connectivity index (χ2v) is 10.8. The summed E-state index contributed by atoms with van der Waals surface area (Å²) >= 11 is 0. The van der Waals surface area contributed by atoms with Gasteiger partial charge in [-0.05, 0) is 0 Å². The molecule has 0 saturated heterocycles. The van der Waals surface area contributed by atoms with Crippen LogP contribution in [0.15, 0.2) is 30.3 Å². The van der Waals surface area contributed by atoms with Crippen LogP contribution in [0.4, 0.5) is 0 Å². The molecule has 0 N–H and O–H groups in total. The Labute approximate surface area is 85.2 Å². The molecule has 1 radical (unpaired) electrons. The van der Waals surface area contributed by atoms with Gasteiger partial charge >= 0.3 is 0 Å². The van der Waals surface area contributed by atoms with Gasteiger partial charge in [0.05, 0.1) is 8.80 Å². The third-order valence-electron chi connectivity index (χ3n) is 2.26. The van der Waals surface area contributed by atoms with Crippen LogP contribution >= 0.6 is 0 Å². The van der Waals surface area contributed by atoms with Crippen molar-refractivity contribution in [1.29, 1.82) is 0 Å². The van der Waals surface area contributed by atoms with E-state index < -0.39 is 0 Å². The number of hydrogen-bond donors (Lipinski definition) is 0. The maximum atomic E-state index is 2.46. The summed E-state index contributed by atoms with van der Waals surface area (Å²) in [5.41, 5.74) is 1.55. The van der Waals surface area contributed by atoms with Crippen molar-refractivity contribution >= 4 is 22.8 Å². The zero-order valence-corrected chi connectivity index (χ0v) is 11.0. The minimum atomic E-state index is -0.371. The van der Waals surface area contributed by atoms with Crippen LogP contribution in [-0.4, -0.2) is 17.6 Å². The fourth-order valence-corrected chi connectivity index (χ4v) is 8.74. The Kier molecular flexibility index (Phi) is 4.46. The molecule has 0 heterocycles. The predicted octanol–water partition coefficient (Wildman–Crippen LogP) is 2.43. The van der Waals surface area contributed by atoms with Gasteiger partial charge < -0.3 is 0 Å². The van der Waals surface area contributed by atoms with Crippen molar-refractivity contribution in [3.8, 4) is 0 Å². The molecule has 0 aliphatic rings. The summed E-state index contributed by atoms with van der Waals surface area (Å²) < 4.78 is 0. The average molecular weight is 207 g/mol.